The maximum Gasteiger partial charge on any atom is 0.306 e. The zero-order chi connectivity index (χ0) is 21.9. The van der Waals surface area contributed by atoms with Crippen LogP contribution in [0.5, 0.6) is 0 Å². The van der Waals surface area contributed by atoms with E-state index < -0.39 is 0 Å². The van der Waals surface area contributed by atoms with Crippen LogP contribution in [-0.4, -0.2) is 53.1 Å². The van der Waals surface area contributed by atoms with Crippen LogP contribution in [0.4, 0.5) is 0 Å². The Morgan fingerprint density at radius 2 is 2.10 bits per heavy atom. The van der Waals surface area contributed by atoms with Crippen molar-refractivity contribution in [2.24, 2.45) is 39.9 Å². The largest absolute Gasteiger partial charge is 0.457 e. The Morgan fingerprint density at radius 3 is 2.81 bits per heavy atom. The molecular weight excluding hydrogens is 390 g/mol. The van der Waals surface area contributed by atoms with Crippen LogP contribution in [0.1, 0.15) is 65.7 Å². The average molecular weight is 428 g/mol. The number of ketones is 1. The molecule has 5 heteroatoms. The molecule has 10 atom stereocenters. The van der Waals surface area contributed by atoms with Gasteiger partial charge in [-0.1, -0.05) is 27.4 Å². The molecule has 0 unspecified atom stereocenters. The lowest BCUT2D eigenvalue weighted by Gasteiger charge is -2.65. The molecule has 0 aromatic carbocycles. The minimum absolute atomic E-state index is 0.0974. The van der Waals surface area contributed by atoms with Gasteiger partial charge >= 0.3 is 5.97 Å². The van der Waals surface area contributed by atoms with Crippen LogP contribution >= 0.6 is 0 Å². The number of hydrogen-bond donors (Lipinski definition) is 1. The monoisotopic (exact) mass is 427 g/mol. The molecule has 6 fully saturated rings. The quantitative estimate of drug-likeness (QED) is 0.551. The maximum atomic E-state index is 13.4. The SMILES string of the molecule is C=C1[C@H]2C[C@@]3([C@@H]1OC(=O)CCC)[C@@H](CC2=O)[C@]12[C@@H]4C[C@H]3[C@H]1N(CC)C[C@]4(C)CC[C@@H]2O. The normalized spacial score (nSPS) is 54.3. The summed E-state index contributed by atoms with van der Waals surface area (Å²) in [5.74, 6) is 0.857. The number of fused-ring (bicyclic) bond motifs is 1. The van der Waals surface area contributed by atoms with Gasteiger partial charge < -0.3 is 9.84 Å². The lowest BCUT2D eigenvalue weighted by Crippen LogP contribution is -2.68. The summed E-state index contributed by atoms with van der Waals surface area (Å²) in [6.07, 6.45) is 4.73. The zero-order valence-corrected chi connectivity index (χ0v) is 19.2. The minimum Gasteiger partial charge on any atom is -0.457 e. The third kappa shape index (κ3) is 2.08. The van der Waals surface area contributed by atoms with Crippen LogP contribution < -0.4 is 0 Å². The van der Waals surface area contributed by atoms with Crippen molar-refractivity contribution in [3.63, 3.8) is 0 Å². The number of Topliss-reactive ketones (excluding diaryl/α,β-unsaturated/α-hetero) is 1. The minimum atomic E-state index is -0.371. The fourth-order valence-electron chi connectivity index (χ4n) is 10.3. The molecule has 1 N–H and O–H groups in total. The summed E-state index contributed by atoms with van der Waals surface area (Å²) < 4.78 is 6.20. The van der Waals surface area contributed by atoms with Crippen LogP contribution in [0.3, 0.4) is 0 Å². The van der Waals surface area contributed by atoms with E-state index in [0.717, 1.165) is 50.8 Å². The van der Waals surface area contributed by atoms with Crippen molar-refractivity contribution in [2.45, 2.75) is 84.0 Å². The molecule has 0 amide bonds. The molecule has 31 heavy (non-hydrogen) atoms. The number of carbonyl (C=O) groups excluding carboxylic acids is 2. The fraction of sp³-hybridized carbons (Fsp3) is 0.846. The summed E-state index contributed by atoms with van der Waals surface area (Å²) in [4.78, 5) is 28.7. The number of esters is 1. The van der Waals surface area contributed by atoms with E-state index in [1.54, 1.807) is 0 Å². The number of hydrogen-bond acceptors (Lipinski definition) is 5. The van der Waals surface area contributed by atoms with Gasteiger partial charge in [0.25, 0.3) is 0 Å². The lowest BCUT2D eigenvalue weighted by molar-refractivity contribution is -0.213. The third-order valence-corrected chi connectivity index (χ3v) is 11.0. The van der Waals surface area contributed by atoms with E-state index in [9.17, 15) is 14.7 Å². The smallest absolute Gasteiger partial charge is 0.306 e. The lowest BCUT2D eigenvalue weighted by atomic mass is 9.43. The van der Waals surface area contributed by atoms with Crippen molar-refractivity contribution in [3.05, 3.63) is 12.2 Å². The predicted octanol–water partition coefficient (Wildman–Crippen LogP) is 3.35. The van der Waals surface area contributed by atoms with Gasteiger partial charge in [0.1, 0.15) is 11.9 Å². The van der Waals surface area contributed by atoms with Crippen LogP contribution in [0.25, 0.3) is 0 Å². The Labute approximate surface area is 185 Å². The standard InChI is InChI=1S/C26H37NO4/c1-5-7-21(30)31-23-14(3)15-12-25(23)16-10-18-24(4)9-8-20(29)26(18,19(25)11-17(15)28)22(16)27(6-2)13-24/h15-16,18-20,22-23,29H,3,5-13H2,1-2,4H3/t15-,16+,18-,19-,20+,22-,23-,24+,25+,26+/m1/s1. The first kappa shape index (κ1) is 20.4. The molecule has 1 heterocycles. The molecule has 5 saturated carbocycles. The van der Waals surface area contributed by atoms with Gasteiger partial charge in [0, 0.05) is 42.2 Å². The van der Waals surface area contributed by atoms with Crippen molar-refractivity contribution >= 4 is 11.8 Å². The number of aliphatic hydroxyl groups excluding tert-OH is 1. The van der Waals surface area contributed by atoms with Crippen molar-refractivity contribution in [3.8, 4) is 0 Å². The van der Waals surface area contributed by atoms with E-state index in [1.807, 2.05) is 6.92 Å². The summed E-state index contributed by atoms with van der Waals surface area (Å²) in [6, 6.07) is 0.292. The van der Waals surface area contributed by atoms with Crippen LogP contribution in [0, 0.1) is 39.9 Å². The predicted molar refractivity (Wildman–Crippen MR) is 116 cm³/mol. The highest BCUT2D eigenvalue weighted by Gasteiger charge is 2.85. The fourth-order valence-corrected chi connectivity index (χ4v) is 10.3. The Morgan fingerprint density at radius 1 is 1.32 bits per heavy atom. The van der Waals surface area contributed by atoms with Crippen molar-refractivity contribution < 1.29 is 19.4 Å². The second kappa shape index (κ2) is 6.22. The molecule has 0 aromatic rings. The van der Waals surface area contributed by atoms with E-state index >= 15 is 0 Å². The molecule has 6 aliphatic rings. The van der Waals surface area contributed by atoms with Crippen LogP contribution in [0.15, 0.2) is 12.2 Å². The Balaban J connectivity index is 1.53. The van der Waals surface area contributed by atoms with E-state index in [-0.39, 0.29) is 52.0 Å². The van der Waals surface area contributed by atoms with Crippen molar-refractivity contribution in [1.29, 1.82) is 0 Å². The average Bonchev–Trinajstić information content (AvgIpc) is 3.26. The molecule has 7 bridgehead atoms. The van der Waals surface area contributed by atoms with Crippen LogP contribution in [0.2, 0.25) is 0 Å². The first-order valence-corrected chi connectivity index (χ1v) is 12.6. The molecule has 1 saturated heterocycles. The van der Waals surface area contributed by atoms with Gasteiger partial charge in [-0.05, 0) is 67.4 Å². The van der Waals surface area contributed by atoms with Crippen LogP contribution in [-0.2, 0) is 14.3 Å². The molecule has 1 aliphatic heterocycles. The number of likely N-dealkylation sites (tertiary alicyclic amines) is 1. The Bertz CT molecular complexity index is 869. The number of carbonyl (C=O) groups is 2. The van der Waals surface area contributed by atoms with E-state index in [4.69, 9.17) is 4.74 Å². The van der Waals surface area contributed by atoms with Gasteiger partial charge in [0.2, 0.25) is 0 Å². The first-order chi connectivity index (χ1) is 14.8. The Hall–Kier alpha value is -1.20. The second-order valence-corrected chi connectivity index (χ2v) is 11.9. The van der Waals surface area contributed by atoms with Gasteiger partial charge in [-0.3, -0.25) is 14.5 Å². The molecule has 2 spiro atoms. The summed E-state index contributed by atoms with van der Waals surface area (Å²) in [5, 5.41) is 11.7. The molecule has 170 valence electrons. The highest BCUT2D eigenvalue weighted by Crippen LogP contribution is 2.83. The summed E-state index contributed by atoms with van der Waals surface area (Å²) in [7, 11) is 0. The summed E-state index contributed by atoms with van der Waals surface area (Å²) >= 11 is 0. The van der Waals surface area contributed by atoms with Gasteiger partial charge in [-0.2, -0.15) is 0 Å². The number of ether oxygens (including phenoxy) is 1. The third-order valence-electron chi connectivity index (χ3n) is 11.0. The van der Waals surface area contributed by atoms with Crippen molar-refractivity contribution in [2.75, 3.05) is 13.1 Å². The highest BCUT2D eigenvalue weighted by molar-refractivity contribution is 5.87. The van der Waals surface area contributed by atoms with E-state index in [0.29, 0.717) is 30.7 Å². The molecule has 5 nitrogen and oxygen atoms in total. The first-order valence-electron chi connectivity index (χ1n) is 12.6. The van der Waals surface area contributed by atoms with Gasteiger partial charge in [-0.15, -0.1) is 0 Å². The number of piperidine rings is 1. The molecule has 6 rings (SSSR count). The molecular formula is C26H37NO4. The number of rotatable bonds is 4. The number of aliphatic hydroxyl groups is 1. The molecule has 0 radical (unpaired) electrons. The highest BCUT2D eigenvalue weighted by atomic mass is 16.5. The second-order valence-electron chi connectivity index (χ2n) is 11.9. The molecule has 5 aliphatic carbocycles. The summed E-state index contributed by atoms with van der Waals surface area (Å²) in [5.41, 5.74) is 0.571. The topological polar surface area (TPSA) is 66.8 Å². The molecule has 0 aromatic heterocycles. The van der Waals surface area contributed by atoms with E-state index in [2.05, 4.69) is 25.3 Å². The van der Waals surface area contributed by atoms with Gasteiger partial charge in [0.05, 0.1) is 6.10 Å². The van der Waals surface area contributed by atoms with Crippen molar-refractivity contribution in [1.82, 2.24) is 4.90 Å². The zero-order valence-electron chi connectivity index (χ0n) is 19.2. The van der Waals surface area contributed by atoms with Gasteiger partial charge in [-0.25, -0.2) is 0 Å². The number of nitrogens with zero attached hydrogens (tertiary/aromatic N) is 1. The van der Waals surface area contributed by atoms with E-state index in [1.165, 1.54) is 0 Å². The maximum absolute atomic E-state index is 13.4. The summed E-state index contributed by atoms with van der Waals surface area (Å²) in [6.45, 7) is 13.1. The Kier molecular flexibility index (Phi) is 4.10. The van der Waals surface area contributed by atoms with Gasteiger partial charge in [0.15, 0.2) is 0 Å².